The van der Waals surface area contributed by atoms with Crippen molar-refractivity contribution < 1.29 is 13.9 Å². The van der Waals surface area contributed by atoms with Crippen LogP contribution in [0.4, 0.5) is 4.39 Å². The Hall–Kier alpha value is -2.52. The second-order valence-electron chi connectivity index (χ2n) is 4.74. The number of carbonyl (C=O) groups excluding carboxylic acids is 1. The highest BCUT2D eigenvalue weighted by molar-refractivity contribution is 7.13. The van der Waals surface area contributed by atoms with Crippen LogP contribution >= 0.6 is 11.3 Å². The molecule has 0 radical (unpaired) electrons. The zero-order chi connectivity index (χ0) is 16.7. The van der Waals surface area contributed by atoms with Gasteiger partial charge in [0.05, 0.1) is 12.3 Å². The molecule has 0 saturated heterocycles. The SMILES string of the molecule is CCCCOC(=O)/C(C#N)=C/c1csc(-c2ccc(F)cc2)n1. The lowest BCUT2D eigenvalue weighted by Gasteiger charge is -2.01. The van der Waals surface area contributed by atoms with Gasteiger partial charge in [-0.1, -0.05) is 13.3 Å². The van der Waals surface area contributed by atoms with Crippen LogP contribution in [-0.2, 0) is 9.53 Å². The molecule has 1 aromatic heterocycles. The van der Waals surface area contributed by atoms with Crippen LogP contribution in [-0.4, -0.2) is 17.6 Å². The molecular weight excluding hydrogens is 315 g/mol. The van der Waals surface area contributed by atoms with E-state index in [9.17, 15) is 9.18 Å². The van der Waals surface area contributed by atoms with Crippen molar-refractivity contribution >= 4 is 23.4 Å². The number of nitriles is 1. The molecule has 0 amide bonds. The summed E-state index contributed by atoms with van der Waals surface area (Å²) in [5.41, 5.74) is 1.19. The third kappa shape index (κ3) is 4.73. The Morgan fingerprint density at radius 1 is 1.43 bits per heavy atom. The van der Waals surface area contributed by atoms with Crippen molar-refractivity contribution in [3.8, 4) is 16.6 Å². The molecule has 0 N–H and O–H groups in total. The zero-order valence-electron chi connectivity index (χ0n) is 12.6. The third-order valence-corrected chi connectivity index (χ3v) is 3.89. The Bertz CT molecular complexity index is 745. The molecule has 0 aliphatic rings. The Morgan fingerprint density at radius 2 is 2.17 bits per heavy atom. The maximum absolute atomic E-state index is 12.9. The van der Waals surface area contributed by atoms with Gasteiger partial charge in [-0.25, -0.2) is 14.2 Å². The number of thiazole rings is 1. The second-order valence-corrected chi connectivity index (χ2v) is 5.60. The van der Waals surface area contributed by atoms with Gasteiger partial charge in [-0.05, 0) is 36.8 Å². The first-order valence-electron chi connectivity index (χ1n) is 7.14. The highest BCUT2D eigenvalue weighted by Crippen LogP contribution is 2.24. The van der Waals surface area contributed by atoms with E-state index in [1.165, 1.54) is 29.5 Å². The number of unbranched alkanes of at least 4 members (excludes halogenated alkanes) is 1. The average Bonchev–Trinajstić information content (AvgIpc) is 3.02. The highest BCUT2D eigenvalue weighted by Gasteiger charge is 2.12. The van der Waals surface area contributed by atoms with Crippen LogP contribution in [0.25, 0.3) is 16.6 Å². The van der Waals surface area contributed by atoms with Crippen molar-refractivity contribution in [3.63, 3.8) is 0 Å². The summed E-state index contributed by atoms with van der Waals surface area (Å²) in [6.07, 6.45) is 3.07. The summed E-state index contributed by atoms with van der Waals surface area (Å²) >= 11 is 1.35. The Morgan fingerprint density at radius 3 is 2.83 bits per heavy atom. The number of nitrogens with zero attached hydrogens (tertiary/aromatic N) is 2. The van der Waals surface area contributed by atoms with Crippen LogP contribution < -0.4 is 0 Å². The predicted octanol–water partition coefficient (Wildman–Crippen LogP) is 4.20. The van der Waals surface area contributed by atoms with Crippen LogP contribution in [0.15, 0.2) is 35.2 Å². The van der Waals surface area contributed by atoms with Gasteiger partial charge >= 0.3 is 5.97 Å². The third-order valence-electron chi connectivity index (χ3n) is 2.98. The van der Waals surface area contributed by atoms with Crippen molar-refractivity contribution in [1.29, 1.82) is 5.26 Å². The minimum absolute atomic E-state index is 0.0861. The predicted molar refractivity (Wildman–Crippen MR) is 87.0 cm³/mol. The smallest absolute Gasteiger partial charge is 0.348 e. The van der Waals surface area contributed by atoms with Crippen LogP contribution in [0.5, 0.6) is 0 Å². The molecule has 23 heavy (non-hydrogen) atoms. The molecule has 118 valence electrons. The molecule has 2 aromatic rings. The molecule has 0 saturated carbocycles. The van der Waals surface area contributed by atoms with E-state index < -0.39 is 5.97 Å². The summed E-state index contributed by atoms with van der Waals surface area (Å²) < 4.78 is 17.9. The van der Waals surface area contributed by atoms with E-state index in [1.54, 1.807) is 17.5 Å². The maximum Gasteiger partial charge on any atom is 0.348 e. The van der Waals surface area contributed by atoms with Crippen molar-refractivity contribution in [2.75, 3.05) is 6.61 Å². The number of halogens is 1. The normalized spacial score (nSPS) is 11.1. The van der Waals surface area contributed by atoms with Gasteiger partial charge < -0.3 is 4.74 Å². The van der Waals surface area contributed by atoms with Gasteiger partial charge in [-0.3, -0.25) is 0 Å². The van der Waals surface area contributed by atoms with E-state index in [1.807, 2.05) is 13.0 Å². The number of hydrogen-bond acceptors (Lipinski definition) is 5. The van der Waals surface area contributed by atoms with Crippen molar-refractivity contribution in [2.45, 2.75) is 19.8 Å². The van der Waals surface area contributed by atoms with Crippen molar-refractivity contribution in [3.05, 3.63) is 46.7 Å². The number of hydrogen-bond donors (Lipinski definition) is 0. The van der Waals surface area contributed by atoms with Gasteiger partial charge in [0.15, 0.2) is 0 Å². The summed E-state index contributed by atoms with van der Waals surface area (Å²) in [7, 11) is 0. The zero-order valence-corrected chi connectivity index (χ0v) is 13.4. The number of benzene rings is 1. The lowest BCUT2D eigenvalue weighted by Crippen LogP contribution is -2.07. The van der Waals surface area contributed by atoms with Crippen LogP contribution in [0.3, 0.4) is 0 Å². The van der Waals surface area contributed by atoms with Gasteiger partial charge in [0.1, 0.15) is 22.5 Å². The Balaban J connectivity index is 2.13. The fourth-order valence-electron chi connectivity index (χ4n) is 1.75. The fraction of sp³-hybridized carbons (Fsp3) is 0.235. The lowest BCUT2D eigenvalue weighted by atomic mass is 10.2. The molecule has 1 aromatic carbocycles. The molecule has 0 aliphatic carbocycles. The first kappa shape index (κ1) is 16.8. The van der Waals surface area contributed by atoms with Gasteiger partial charge in [0, 0.05) is 10.9 Å². The number of esters is 1. The maximum atomic E-state index is 12.9. The van der Waals surface area contributed by atoms with Crippen LogP contribution in [0, 0.1) is 17.1 Å². The van der Waals surface area contributed by atoms with Crippen LogP contribution in [0.1, 0.15) is 25.5 Å². The monoisotopic (exact) mass is 330 g/mol. The van der Waals surface area contributed by atoms with Crippen molar-refractivity contribution in [2.24, 2.45) is 0 Å². The molecule has 4 nitrogen and oxygen atoms in total. The van der Waals surface area contributed by atoms with E-state index in [2.05, 4.69) is 4.98 Å². The standard InChI is InChI=1S/C17H15FN2O2S/c1-2-3-8-22-17(21)13(10-19)9-15-11-23-16(20-15)12-4-6-14(18)7-5-12/h4-7,9,11H,2-3,8H2,1H3/b13-9+. The molecule has 2 rings (SSSR count). The van der Waals surface area contributed by atoms with E-state index in [0.717, 1.165) is 18.4 Å². The molecule has 0 bridgehead atoms. The molecule has 0 aliphatic heterocycles. The Kier molecular flexibility index (Phi) is 6.01. The van der Waals surface area contributed by atoms with E-state index in [0.29, 0.717) is 17.3 Å². The van der Waals surface area contributed by atoms with E-state index in [4.69, 9.17) is 10.00 Å². The van der Waals surface area contributed by atoms with E-state index in [-0.39, 0.29) is 11.4 Å². The van der Waals surface area contributed by atoms with Gasteiger partial charge in [-0.2, -0.15) is 5.26 Å². The Labute approximate surface area is 137 Å². The summed E-state index contributed by atoms with van der Waals surface area (Å²) in [6, 6.07) is 7.82. The molecule has 1 heterocycles. The van der Waals surface area contributed by atoms with Gasteiger partial charge in [0.2, 0.25) is 0 Å². The first-order chi connectivity index (χ1) is 11.1. The molecule has 0 unspecified atom stereocenters. The average molecular weight is 330 g/mol. The summed E-state index contributed by atoms with van der Waals surface area (Å²) in [6.45, 7) is 2.29. The lowest BCUT2D eigenvalue weighted by molar-refractivity contribution is -0.138. The molecule has 0 atom stereocenters. The molecule has 0 spiro atoms. The molecule has 0 fully saturated rings. The minimum Gasteiger partial charge on any atom is -0.462 e. The first-order valence-corrected chi connectivity index (χ1v) is 8.02. The molecular formula is C17H15FN2O2S. The van der Waals surface area contributed by atoms with Crippen molar-refractivity contribution in [1.82, 2.24) is 4.98 Å². The fourth-order valence-corrected chi connectivity index (χ4v) is 2.53. The largest absolute Gasteiger partial charge is 0.462 e. The van der Waals surface area contributed by atoms with E-state index >= 15 is 0 Å². The molecule has 6 heteroatoms. The summed E-state index contributed by atoms with van der Waals surface area (Å²) in [5.74, 6) is -0.954. The number of aromatic nitrogens is 1. The highest BCUT2D eigenvalue weighted by atomic mass is 32.1. The number of ether oxygens (including phenoxy) is 1. The summed E-state index contributed by atoms with van der Waals surface area (Å²) in [5, 5.41) is 11.5. The quantitative estimate of drug-likeness (QED) is 0.345. The topological polar surface area (TPSA) is 63.0 Å². The van der Waals surface area contributed by atoms with Gasteiger partial charge in [0.25, 0.3) is 0 Å². The van der Waals surface area contributed by atoms with Gasteiger partial charge in [-0.15, -0.1) is 11.3 Å². The number of carbonyl (C=O) groups is 1. The number of rotatable bonds is 6. The minimum atomic E-state index is -0.641. The second kappa shape index (κ2) is 8.20. The summed E-state index contributed by atoms with van der Waals surface area (Å²) in [4.78, 5) is 16.1. The van der Waals surface area contributed by atoms with Crippen LogP contribution in [0.2, 0.25) is 0 Å².